The third-order valence-corrected chi connectivity index (χ3v) is 5.15. The van der Waals surface area contributed by atoms with Crippen LogP contribution in [-0.4, -0.2) is 23.4 Å². The fraction of sp³-hybridized carbons (Fsp3) is 0.286. The maximum absolute atomic E-state index is 14.3. The van der Waals surface area contributed by atoms with Crippen LogP contribution in [-0.2, 0) is 16.0 Å². The van der Waals surface area contributed by atoms with Crippen molar-refractivity contribution in [1.29, 1.82) is 5.26 Å². The molecule has 5 nitrogen and oxygen atoms in total. The van der Waals surface area contributed by atoms with E-state index < -0.39 is 46.8 Å². The minimum absolute atomic E-state index is 0.113. The van der Waals surface area contributed by atoms with E-state index >= 15 is 0 Å². The lowest BCUT2D eigenvalue weighted by Gasteiger charge is -2.39. The van der Waals surface area contributed by atoms with E-state index in [1.165, 1.54) is 38.1 Å². The molecule has 2 N–H and O–H groups in total. The summed E-state index contributed by atoms with van der Waals surface area (Å²) in [5.74, 6) is -4.88. The molecule has 3 unspecified atom stereocenters. The van der Waals surface area contributed by atoms with Crippen molar-refractivity contribution in [3.8, 4) is 6.07 Å². The Balaban J connectivity index is 1.86. The highest BCUT2D eigenvalue weighted by molar-refractivity contribution is 6.00. The molecule has 1 aliphatic heterocycles. The van der Waals surface area contributed by atoms with Crippen LogP contribution in [0.1, 0.15) is 36.5 Å². The van der Waals surface area contributed by atoms with Gasteiger partial charge in [-0.3, -0.25) is 9.59 Å². The first-order valence-electron chi connectivity index (χ1n) is 8.91. The van der Waals surface area contributed by atoms with Gasteiger partial charge in [-0.25, -0.2) is 13.2 Å². The van der Waals surface area contributed by atoms with Gasteiger partial charge in [0.15, 0.2) is 11.6 Å². The second-order valence-electron chi connectivity index (χ2n) is 7.30. The van der Waals surface area contributed by atoms with Crippen molar-refractivity contribution in [2.24, 2.45) is 0 Å². The number of piperazine rings is 1. The molecule has 3 rings (SSSR count). The zero-order valence-electron chi connectivity index (χ0n) is 15.7. The predicted octanol–water partition coefficient (Wildman–Crippen LogP) is 2.70. The second-order valence-corrected chi connectivity index (χ2v) is 7.30. The molecule has 3 atom stereocenters. The highest BCUT2D eigenvalue weighted by Gasteiger charge is 2.45. The second kappa shape index (κ2) is 7.59. The first-order valence-corrected chi connectivity index (χ1v) is 8.91. The number of halogens is 3. The summed E-state index contributed by atoms with van der Waals surface area (Å²) in [6, 6.07) is 8.09. The van der Waals surface area contributed by atoms with E-state index in [4.69, 9.17) is 0 Å². The number of amides is 2. The predicted molar refractivity (Wildman–Crippen MR) is 98.1 cm³/mol. The van der Waals surface area contributed by atoms with Crippen molar-refractivity contribution in [1.82, 2.24) is 10.6 Å². The van der Waals surface area contributed by atoms with Crippen molar-refractivity contribution >= 4 is 11.8 Å². The summed E-state index contributed by atoms with van der Waals surface area (Å²) in [5, 5.41) is 14.4. The Labute approximate surface area is 165 Å². The van der Waals surface area contributed by atoms with Crippen molar-refractivity contribution in [3.05, 3.63) is 70.5 Å². The standard InChI is InChI=1S/C21H18F3N3O2/c1-11(16-13(10-25)5-8-15(23)17(16)24)18-19(28)27-21(2,20(29)26-18)9-12-3-6-14(22)7-4-12/h3-8,11,18H,9H2,1-2H3,(H,26,29)(H,27,28). The van der Waals surface area contributed by atoms with Gasteiger partial charge in [0.1, 0.15) is 17.4 Å². The van der Waals surface area contributed by atoms with Crippen LogP contribution in [0.15, 0.2) is 36.4 Å². The van der Waals surface area contributed by atoms with Gasteiger partial charge in [0.25, 0.3) is 0 Å². The number of hydrogen-bond donors (Lipinski definition) is 2. The Morgan fingerprint density at radius 1 is 1.14 bits per heavy atom. The summed E-state index contributed by atoms with van der Waals surface area (Å²) in [6.07, 6.45) is 0.115. The molecule has 150 valence electrons. The number of benzene rings is 2. The Bertz CT molecular complexity index is 1020. The molecule has 1 fully saturated rings. The average Bonchev–Trinajstić information content (AvgIpc) is 2.68. The monoisotopic (exact) mass is 401 g/mol. The van der Waals surface area contributed by atoms with Crippen molar-refractivity contribution in [2.45, 2.75) is 37.8 Å². The highest BCUT2D eigenvalue weighted by Crippen LogP contribution is 2.30. The molecule has 0 spiro atoms. The van der Waals surface area contributed by atoms with Crippen LogP contribution in [0.3, 0.4) is 0 Å². The number of rotatable bonds is 4. The van der Waals surface area contributed by atoms with Gasteiger partial charge in [-0.2, -0.15) is 5.26 Å². The van der Waals surface area contributed by atoms with Crippen LogP contribution in [0.25, 0.3) is 0 Å². The quantitative estimate of drug-likeness (QED) is 0.827. The lowest BCUT2D eigenvalue weighted by atomic mass is 9.83. The summed E-state index contributed by atoms with van der Waals surface area (Å²) in [4.78, 5) is 25.5. The lowest BCUT2D eigenvalue weighted by Crippen LogP contribution is -2.69. The van der Waals surface area contributed by atoms with E-state index in [9.17, 15) is 28.0 Å². The van der Waals surface area contributed by atoms with Crippen molar-refractivity contribution in [2.75, 3.05) is 0 Å². The van der Waals surface area contributed by atoms with Crippen LogP contribution in [0, 0.1) is 28.8 Å². The zero-order valence-corrected chi connectivity index (χ0v) is 15.7. The summed E-state index contributed by atoms with van der Waals surface area (Å²) >= 11 is 0. The molecule has 0 aliphatic carbocycles. The van der Waals surface area contributed by atoms with E-state index in [1.807, 2.05) is 0 Å². The smallest absolute Gasteiger partial charge is 0.246 e. The van der Waals surface area contributed by atoms with Gasteiger partial charge >= 0.3 is 0 Å². The van der Waals surface area contributed by atoms with Crippen molar-refractivity contribution < 1.29 is 22.8 Å². The highest BCUT2D eigenvalue weighted by atomic mass is 19.2. The Hall–Kier alpha value is -3.34. The summed E-state index contributed by atoms with van der Waals surface area (Å²) in [7, 11) is 0. The molecular weight excluding hydrogens is 383 g/mol. The molecular formula is C21H18F3N3O2. The molecule has 8 heteroatoms. The molecule has 0 radical (unpaired) electrons. The van der Waals surface area contributed by atoms with Crippen molar-refractivity contribution in [3.63, 3.8) is 0 Å². The maximum Gasteiger partial charge on any atom is 0.246 e. The molecule has 29 heavy (non-hydrogen) atoms. The van der Waals surface area contributed by atoms with Gasteiger partial charge in [0, 0.05) is 17.9 Å². The average molecular weight is 401 g/mol. The van der Waals surface area contributed by atoms with Gasteiger partial charge < -0.3 is 10.6 Å². The van der Waals surface area contributed by atoms with E-state index in [2.05, 4.69) is 10.6 Å². The Kier molecular flexibility index (Phi) is 5.33. The maximum atomic E-state index is 14.3. The van der Waals surface area contributed by atoms with Gasteiger partial charge in [-0.1, -0.05) is 19.1 Å². The first-order chi connectivity index (χ1) is 13.7. The molecule has 0 bridgehead atoms. The molecule has 1 aliphatic rings. The molecule has 2 amide bonds. The third-order valence-electron chi connectivity index (χ3n) is 5.15. The van der Waals surface area contributed by atoms with Gasteiger partial charge in [0.2, 0.25) is 11.8 Å². The summed E-state index contributed by atoms with van der Waals surface area (Å²) in [5.41, 5.74) is -1.05. The minimum atomic E-state index is -1.30. The van der Waals surface area contributed by atoms with E-state index in [1.54, 1.807) is 6.07 Å². The zero-order chi connectivity index (χ0) is 21.3. The van der Waals surface area contributed by atoms with Crippen LogP contribution in [0.2, 0.25) is 0 Å². The Morgan fingerprint density at radius 3 is 2.41 bits per heavy atom. The lowest BCUT2D eigenvalue weighted by molar-refractivity contribution is -0.141. The number of hydrogen-bond acceptors (Lipinski definition) is 3. The molecule has 1 heterocycles. The number of nitriles is 1. The van der Waals surface area contributed by atoms with Crippen LogP contribution in [0.5, 0.6) is 0 Å². The van der Waals surface area contributed by atoms with Gasteiger partial charge in [-0.15, -0.1) is 0 Å². The molecule has 2 aromatic rings. The number of carbonyl (C=O) groups excluding carboxylic acids is 2. The largest absolute Gasteiger partial charge is 0.342 e. The number of nitrogens with zero attached hydrogens (tertiary/aromatic N) is 1. The number of nitrogens with one attached hydrogen (secondary N) is 2. The van der Waals surface area contributed by atoms with E-state index in [-0.39, 0.29) is 17.5 Å². The van der Waals surface area contributed by atoms with Crippen LogP contribution in [0.4, 0.5) is 13.2 Å². The SMILES string of the molecule is CC(c1c(C#N)ccc(F)c1F)C1NC(=O)C(C)(Cc2ccc(F)cc2)NC1=O. The minimum Gasteiger partial charge on any atom is -0.342 e. The Morgan fingerprint density at radius 2 is 1.79 bits per heavy atom. The van der Waals surface area contributed by atoms with Crippen LogP contribution >= 0.6 is 0 Å². The molecule has 2 aromatic carbocycles. The number of carbonyl (C=O) groups is 2. The van der Waals surface area contributed by atoms with Crippen LogP contribution < -0.4 is 10.6 Å². The normalized spacial score (nSPS) is 22.4. The van der Waals surface area contributed by atoms with Gasteiger partial charge in [-0.05, 0) is 36.8 Å². The molecule has 0 aromatic heterocycles. The van der Waals surface area contributed by atoms with Gasteiger partial charge in [0.05, 0.1) is 11.6 Å². The molecule has 0 saturated carbocycles. The van der Waals surface area contributed by atoms with E-state index in [0.29, 0.717) is 5.56 Å². The third kappa shape index (κ3) is 3.81. The fourth-order valence-electron chi connectivity index (χ4n) is 3.54. The first kappa shape index (κ1) is 20.4. The topological polar surface area (TPSA) is 82.0 Å². The van der Waals surface area contributed by atoms with E-state index in [0.717, 1.165) is 12.1 Å². The fourth-order valence-corrected chi connectivity index (χ4v) is 3.54. The summed E-state index contributed by atoms with van der Waals surface area (Å²) in [6.45, 7) is 2.96. The molecule has 1 saturated heterocycles. The summed E-state index contributed by atoms with van der Waals surface area (Å²) < 4.78 is 41.1.